The predicted octanol–water partition coefficient (Wildman–Crippen LogP) is 20.6. The van der Waals surface area contributed by atoms with Crippen LogP contribution in [0.15, 0.2) is 134 Å². The molecule has 0 bridgehead atoms. The van der Waals surface area contributed by atoms with E-state index in [0.29, 0.717) is 19.3 Å². The SMILES string of the molecule is CC/C=C\C/C=C\C/C=C\C/C=C\C/C=C\C/C=C\CCC(=O)OC(COC(=O)CCCCCCC/C=C\CCCCCCC)COC(=O)CCCCCCCCCCCC/C=C\C/C=C\C/C=C\C/C=C\CC. The lowest BCUT2D eigenvalue weighted by Crippen LogP contribution is -2.30. The van der Waals surface area contributed by atoms with Crippen molar-refractivity contribution in [2.45, 2.75) is 264 Å². The van der Waals surface area contributed by atoms with Crippen molar-refractivity contribution >= 4 is 17.9 Å². The first kappa shape index (κ1) is 69.5. The van der Waals surface area contributed by atoms with E-state index < -0.39 is 12.1 Å². The number of allylic oxidation sites excluding steroid dienone is 22. The molecule has 0 aliphatic heterocycles. The zero-order chi connectivity index (χ0) is 53.6. The lowest BCUT2D eigenvalue weighted by molar-refractivity contribution is -0.166. The molecule has 0 amide bonds. The maximum atomic E-state index is 12.8. The fraction of sp³-hybridized carbons (Fsp3) is 0.632. The van der Waals surface area contributed by atoms with Crippen LogP contribution in [0.2, 0.25) is 0 Å². The standard InChI is InChI=1S/C68H110O6/c1-4-7-10-13-16-19-22-25-28-30-32-33-34-35-37-38-40-43-46-49-52-55-58-61-67(70)73-64-65(63-72-66(69)60-57-54-51-48-45-42-27-24-21-18-15-12-9-6-3)74-68(71)62-59-56-53-50-47-44-41-39-36-31-29-26-23-20-17-14-11-8-5-2/h7-8,10-11,16-17,19-20,24-29,32-33,36,39,44,47,53,56,65H,4-6,9,12-15,18,21-23,30-31,34-35,37-38,40-43,45-46,48-52,54-55,57-64H2,1-3H3/b10-7-,11-8-,19-16-,20-17-,27-24-,28-25-,29-26-,33-32-,39-36-,47-44-,56-53-. The van der Waals surface area contributed by atoms with Gasteiger partial charge in [0.2, 0.25) is 0 Å². The van der Waals surface area contributed by atoms with Crippen LogP contribution in [0.3, 0.4) is 0 Å². The highest BCUT2D eigenvalue weighted by Crippen LogP contribution is 2.14. The summed E-state index contributed by atoms with van der Waals surface area (Å²) in [6.07, 6.45) is 86.0. The molecule has 0 rings (SSSR count). The smallest absolute Gasteiger partial charge is 0.306 e. The van der Waals surface area contributed by atoms with Gasteiger partial charge in [-0.25, -0.2) is 0 Å². The molecular formula is C68H110O6. The minimum atomic E-state index is -0.829. The summed E-state index contributed by atoms with van der Waals surface area (Å²) < 4.78 is 16.8. The Balaban J connectivity index is 4.48. The molecule has 74 heavy (non-hydrogen) atoms. The highest BCUT2D eigenvalue weighted by Gasteiger charge is 2.19. The van der Waals surface area contributed by atoms with Crippen LogP contribution in [0.5, 0.6) is 0 Å². The number of esters is 3. The largest absolute Gasteiger partial charge is 0.462 e. The topological polar surface area (TPSA) is 78.9 Å². The van der Waals surface area contributed by atoms with Gasteiger partial charge in [-0.15, -0.1) is 0 Å². The molecule has 0 spiro atoms. The predicted molar refractivity (Wildman–Crippen MR) is 320 cm³/mol. The number of hydrogen-bond acceptors (Lipinski definition) is 6. The van der Waals surface area contributed by atoms with Crippen LogP contribution in [0.1, 0.15) is 258 Å². The Morgan fingerprint density at radius 1 is 0.284 bits per heavy atom. The van der Waals surface area contributed by atoms with Crippen molar-refractivity contribution in [1.29, 1.82) is 0 Å². The lowest BCUT2D eigenvalue weighted by Gasteiger charge is -2.18. The van der Waals surface area contributed by atoms with Crippen LogP contribution in [0.4, 0.5) is 0 Å². The third-order valence-corrected chi connectivity index (χ3v) is 12.4. The van der Waals surface area contributed by atoms with E-state index in [1.807, 2.05) is 12.2 Å². The van der Waals surface area contributed by atoms with E-state index in [4.69, 9.17) is 14.2 Å². The molecular weight excluding hydrogens is 913 g/mol. The normalized spacial score (nSPS) is 13.1. The van der Waals surface area contributed by atoms with Crippen LogP contribution in [0.25, 0.3) is 0 Å². The van der Waals surface area contributed by atoms with Gasteiger partial charge in [-0.2, -0.15) is 0 Å². The molecule has 0 heterocycles. The lowest BCUT2D eigenvalue weighted by atomic mass is 10.1. The van der Waals surface area contributed by atoms with Crippen molar-refractivity contribution in [3.63, 3.8) is 0 Å². The molecule has 6 heteroatoms. The van der Waals surface area contributed by atoms with E-state index in [-0.39, 0.29) is 31.6 Å². The first-order chi connectivity index (χ1) is 36.5. The molecule has 1 unspecified atom stereocenters. The Morgan fingerprint density at radius 2 is 0.554 bits per heavy atom. The van der Waals surface area contributed by atoms with Gasteiger partial charge in [0.05, 0.1) is 0 Å². The number of rotatable bonds is 53. The van der Waals surface area contributed by atoms with Crippen molar-refractivity contribution in [2.75, 3.05) is 13.2 Å². The maximum absolute atomic E-state index is 12.8. The van der Waals surface area contributed by atoms with Gasteiger partial charge in [-0.1, -0.05) is 251 Å². The summed E-state index contributed by atoms with van der Waals surface area (Å²) in [5, 5.41) is 0. The third kappa shape index (κ3) is 58.4. The number of unbranched alkanes of at least 4 members (excludes halogenated alkanes) is 20. The molecule has 0 aromatic heterocycles. The van der Waals surface area contributed by atoms with Gasteiger partial charge >= 0.3 is 17.9 Å². The molecule has 0 aliphatic carbocycles. The molecule has 0 radical (unpaired) electrons. The molecule has 1 atom stereocenters. The average Bonchev–Trinajstić information content (AvgIpc) is 3.40. The maximum Gasteiger partial charge on any atom is 0.306 e. The van der Waals surface area contributed by atoms with Crippen LogP contribution in [-0.2, 0) is 28.6 Å². The van der Waals surface area contributed by atoms with E-state index in [9.17, 15) is 14.4 Å². The molecule has 0 fully saturated rings. The number of hydrogen-bond donors (Lipinski definition) is 0. The highest BCUT2D eigenvalue weighted by atomic mass is 16.6. The van der Waals surface area contributed by atoms with E-state index in [2.05, 4.69) is 142 Å². The van der Waals surface area contributed by atoms with Gasteiger partial charge in [0.25, 0.3) is 0 Å². The molecule has 418 valence electrons. The summed E-state index contributed by atoms with van der Waals surface area (Å²) in [6, 6.07) is 0. The molecule has 0 aliphatic rings. The van der Waals surface area contributed by atoms with E-state index in [0.717, 1.165) is 116 Å². The fourth-order valence-corrected chi connectivity index (χ4v) is 7.92. The summed E-state index contributed by atoms with van der Waals surface area (Å²) in [7, 11) is 0. The minimum Gasteiger partial charge on any atom is -0.462 e. The Morgan fingerprint density at radius 3 is 0.892 bits per heavy atom. The second-order valence-electron chi connectivity index (χ2n) is 19.5. The first-order valence-electron chi connectivity index (χ1n) is 30.2. The molecule has 0 saturated heterocycles. The Kier molecular flexibility index (Phi) is 57.4. The number of carbonyl (C=O) groups is 3. The first-order valence-corrected chi connectivity index (χ1v) is 30.2. The van der Waals surface area contributed by atoms with Crippen molar-refractivity contribution in [3.8, 4) is 0 Å². The van der Waals surface area contributed by atoms with E-state index in [1.165, 1.54) is 96.3 Å². The zero-order valence-electron chi connectivity index (χ0n) is 47.8. The van der Waals surface area contributed by atoms with Gasteiger partial charge in [-0.3, -0.25) is 14.4 Å². The van der Waals surface area contributed by atoms with Crippen molar-refractivity contribution in [3.05, 3.63) is 134 Å². The monoisotopic (exact) mass is 1020 g/mol. The number of ether oxygens (including phenoxy) is 3. The number of carbonyl (C=O) groups excluding carboxylic acids is 3. The Labute approximate surface area is 455 Å². The molecule has 6 nitrogen and oxygen atoms in total. The van der Waals surface area contributed by atoms with E-state index >= 15 is 0 Å². The molecule has 0 aromatic carbocycles. The minimum absolute atomic E-state index is 0.117. The van der Waals surface area contributed by atoms with Crippen LogP contribution < -0.4 is 0 Å². The Bertz CT molecular complexity index is 1600. The van der Waals surface area contributed by atoms with E-state index in [1.54, 1.807) is 0 Å². The zero-order valence-corrected chi connectivity index (χ0v) is 47.8. The van der Waals surface area contributed by atoms with Crippen LogP contribution in [-0.4, -0.2) is 37.2 Å². The second-order valence-corrected chi connectivity index (χ2v) is 19.5. The quantitative estimate of drug-likeness (QED) is 0.0261. The third-order valence-electron chi connectivity index (χ3n) is 12.4. The van der Waals surface area contributed by atoms with Crippen molar-refractivity contribution in [2.24, 2.45) is 0 Å². The van der Waals surface area contributed by atoms with Crippen LogP contribution >= 0.6 is 0 Å². The molecule has 0 saturated carbocycles. The van der Waals surface area contributed by atoms with Crippen LogP contribution in [0, 0.1) is 0 Å². The summed E-state index contributed by atoms with van der Waals surface area (Å²) in [5.41, 5.74) is 0. The summed E-state index contributed by atoms with van der Waals surface area (Å²) in [6.45, 7) is 6.33. The van der Waals surface area contributed by atoms with Gasteiger partial charge in [-0.05, 0) is 122 Å². The van der Waals surface area contributed by atoms with Crippen molar-refractivity contribution < 1.29 is 28.6 Å². The summed E-state index contributed by atoms with van der Waals surface area (Å²) in [5.74, 6) is -1.02. The Hall–Kier alpha value is -4.45. The average molecular weight is 1020 g/mol. The summed E-state index contributed by atoms with van der Waals surface area (Å²) >= 11 is 0. The van der Waals surface area contributed by atoms with Gasteiger partial charge < -0.3 is 14.2 Å². The fourth-order valence-electron chi connectivity index (χ4n) is 7.92. The summed E-state index contributed by atoms with van der Waals surface area (Å²) in [4.78, 5) is 38.2. The molecule has 0 N–H and O–H groups in total. The van der Waals surface area contributed by atoms with Crippen molar-refractivity contribution in [1.82, 2.24) is 0 Å². The molecule has 0 aromatic rings. The second kappa shape index (κ2) is 61.1. The highest BCUT2D eigenvalue weighted by molar-refractivity contribution is 5.71. The van der Waals surface area contributed by atoms with Gasteiger partial charge in [0, 0.05) is 19.3 Å². The van der Waals surface area contributed by atoms with Gasteiger partial charge in [0.15, 0.2) is 6.10 Å². The van der Waals surface area contributed by atoms with Gasteiger partial charge in [0.1, 0.15) is 13.2 Å².